The number of hydrogen-bond acceptors (Lipinski definition) is 6. The summed E-state index contributed by atoms with van der Waals surface area (Å²) >= 11 is 0. The summed E-state index contributed by atoms with van der Waals surface area (Å²) in [5.41, 5.74) is -2.28. The number of hydrogen-bond donors (Lipinski definition) is 2. The number of amides is 1. The molecule has 5 rings (SSSR count). The van der Waals surface area contributed by atoms with E-state index < -0.39 is 45.4 Å². The molecule has 156 valence electrons. The molecular formula is C20H23FN2O6. The maximum absolute atomic E-state index is 13.4. The van der Waals surface area contributed by atoms with Crippen molar-refractivity contribution in [3.8, 4) is 0 Å². The maximum Gasteiger partial charge on any atom is 0.312 e. The molecule has 0 heterocycles. The fourth-order valence-electron chi connectivity index (χ4n) is 5.77. The Labute approximate surface area is 166 Å². The fourth-order valence-corrected chi connectivity index (χ4v) is 5.77. The van der Waals surface area contributed by atoms with Gasteiger partial charge in [-0.15, -0.1) is 0 Å². The van der Waals surface area contributed by atoms with Gasteiger partial charge in [-0.05, 0) is 69.4 Å². The van der Waals surface area contributed by atoms with Crippen LogP contribution in [-0.2, 0) is 14.3 Å². The minimum Gasteiger partial charge on any atom is -0.452 e. The van der Waals surface area contributed by atoms with Gasteiger partial charge in [-0.3, -0.25) is 19.7 Å². The third kappa shape index (κ3) is 3.59. The van der Waals surface area contributed by atoms with E-state index in [9.17, 15) is 29.2 Å². The van der Waals surface area contributed by atoms with Crippen LogP contribution in [0.25, 0.3) is 0 Å². The number of anilines is 1. The van der Waals surface area contributed by atoms with Crippen LogP contribution in [0.3, 0.4) is 0 Å². The second-order valence-electron chi connectivity index (χ2n) is 8.93. The number of nitrogens with one attached hydrogen (secondary N) is 1. The van der Waals surface area contributed by atoms with Crippen LogP contribution in [0.5, 0.6) is 0 Å². The summed E-state index contributed by atoms with van der Waals surface area (Å²) in [5, 5.41) is 24.0. The van der Waals surface area contributed by atoms with Crippen molar-refractivity contribution in [1.29, 1.82) is 0 Å². The number of carbonyl (C=O) groups is 2. The van der Waals surface area contributed by atoms with Gasteiger partial charge in [0.05, 0.1) is 15.9 Å². The highest BCUT2D eigenvalue weighted by Gasteiger charge is 2.61. The number of nitrogens with zero attached hydrogens (tertiary/aromatic N) is 1. The van der Waals surface area contributed by atoms with E-state index in [1.807, 2.05) is 0 Å². The number of carbonyl (C=O) groups excluding carboxylic acids is 2. The molecule has 5 atom stereocenters. The van der Waals surface area contributed by atoms with Crippen LogP contribution >= 0.6 is 0 Å². The summed E-state index contributed by atoms with van der Waals surface area (Å²) in [5.74, 6) is -1.54. The van der Waals surface area contributed by atoms with Crippen molar-refractivity contribution in [3.63, 3.8) is 0 Å². The summed E-state index contributed by atoms with van der Waals surface area (Å²) in [7, 11) is 0. The molecular weight excluding hydrogens is 383 g/mol. The molecule has 9 heteroatoms. The molecule has 4 saturated carbocycles. The summed E-state index contributed by atoms with van der Waals surface area (Å²) in [6.45, 7) is 1.42. The van der Waals surface area contributed by atoms with Gasteiger partial charge >= 0.3 is 11.7 Å². The second kappa shape index (κ2) is 6.76. The zero-order valence-electron chi connectivity index (χ0n) is 16.0. The predicted molar refractivity (Wildman–Crippen MR) is 99.3 cm³/mol. The van der Waals surface area contributed by atoms with Crippen molar-refractivity contribution in [2.75, 3.05) is 5.32 Å². The monoisotopic (exact) mass is 406 g/mol. The normalized spacial score (nSPS) is 33.2. The first-order chi connectivity index (χ1) is 13.6. The van der Waals surface area contributed by atoms with Crippen LogP contribution in [0.4, 0.5) is 15.8 Å². The Kier molecular flexibility index (Phi) is 4.60. The van der Waals surface area contributed by atoms with E-state index in [0.29, 0.717) is 31.1 Å². The number of esters is 1. The molecule has 4 aliphatic rings. The number of ether oxygens (including phenoxy) is 1. The Bertz CT molecular complexity index is 874. The summed E-state index contributed by atoms with van der Waals surface area (Å²) in [4.78, 5) is 35.3. The number of aliphatic hydroxyl groups is 1. The SMILES string of the molecule is C[C@@H](OC(=O)C12C[C@@H]3C[C@@H](CC(O)(C3)C1)C2)C(=O)Nc1ccc(F)c([N+](=O)[O-])c1. The first-order valence-corrected chi connectivity index (χ1v) is 9.77. The van der Waals surface area contributed by atoms with Crippen LogP contribution in [0.15, 0.2) is 18.2 Å². The smallest absolute Gasteiger partial charge is 0.312 e. The van der Waals surface area contributed by atoms with Crippen molar-refractivity contribution in [2.45, 2.75) is 57.2 Å². The lowest BCUT2D eigenvalue weighted by molar-refractivity contribution is -0.387. The lowest BCUT2D eigenvalue weighted by Gasteiger charge is -2.58. The van der Waals surface area contributed by atoms with E-state index >= 15 is 0 Å². The molecule has 4 bridgehead atoms. The first kappa shape index (κ1) is 19.8. The van der Waals surface area contributed by atoms with Gasteiger partial charge in [0.15, 0.2) is 6.10 Å². The lowest BCUT2D eigenvalue weighted by atomic mass is 9.48. The highest BCUT2D eigenvalue weighted by atomic mass is 19.1. The number of rotatable bonds is 5. The summed E-state index contributed by atoms with van der Waals surface area (Å²) < 4.78 is 18.9. The molecule has 4 fully saturated rings. The molecule has 1 aromatic carbocycles. The van der Waals surface area contributed by atoms with E-state index in [-0.39, 0.29) is 5.69 Å². The topological polar surface area (TPSA) is 119 Å². The van der Waals surface area contributed by atoms with Crippen molar-refractivity contribution in [1.82, 2.24) is 0 Å². The number of nitro benzene ring substituents is 1. The van der Waals surface area contributed by atoms with E-state index in [4.69, 9.17) is 4.74 Å². The van der Waals surface area contributed by atoms with E-state index in [2.05, 4.69) is 5.32 Å². The molecule has 4 aliphatic carbocycles. The molecule has 8 nitrogen and oxygen atoms in total. The fraction of sp³-hybridized carbons (Fsp3) is 0.600. The molecule has 29 heavy (non-hydrogen) atoms. The second-order valence-corrected chi connectivity index (χ2v) is 8.93. The zero-order valence-corrected chi connectivity index (χ0v) is 16.0. The Hall–Kier alpha value is -2.55. The van der Waals surface area contributed by atoms with Crippen molar-refractivity contribution in [3.05, 3.63) is 34.1 Å². The van der Waals surface area contributed by atoms with Crippen LogP contribution < -0.4 is 5.32 Å². The minimum atomic E-state index is -1.13. The lowest BCUT2D eigenvalue weighted by Crippen LogP contribution is -2.59. The van der Waals surface area contributed by atoms with E-state index in [1.165, 1.54) is 13.0 Å². The van der Waals surface area contributed by atoms with Gasteiger partial charge < -0.3 is 15.2 Å². The zero-order chi connectivity index (χ0) is 21.0. The maximum atomic E-state index is 13.4. The summed E-state index contributed by atoms with van der Waals surface area (Å²) in [6.07, 6.45) is 3.04. The van der Waals surface area contributed by atoms with Crippen LogP contribution in [0.2, 0.25) is 0 Å². The van der Waals surface area contributed by atoms with Gasteiger partial charge in [-0.2, -0.15) is 4.39 Å². The highest BCUT2D eigenvalue weighted by Crippen LogP contribution is 2.62. The molecule has 2 N–H and O–H groups in total. The van der Waals surface area contributed by atoms with Gasteiger partial charge in [0.25, 0.3) is 5.91 Å². The average molecular weight is 406 g/mol. The van der Waals surface area contributed by atoms with Crippen molar-refractivity contribution < 1.29 is 28.7 Å². The van der Waals surface area contributed by atoms with Gasteiger partial charge in [-0.1, -0.05) is 0 Å². The highest BCUT2D eigenvalue weighted by molar-refractivity contribution is 5.95. The standard InChI is InChI=1S/C20H23FN2O6/c1-11(17(24)22-14-2-3-15(21)16(5-14)23(27)28)29-18(25)19-6-12-4-13(7-19)9-20(26,8-12)10-19/h2-3,5,11-13,26H,4,6-10H2,1H3,(H,22,24)/t11-,12-,13+,19?,20?/m1/s1. The van der Waals surface area contributed by atoms with Crippen LogP contribution in [-0.4, -0.2) is 33.6 Å². The molecule has 1 aromatic rings. The minimum absolute atomic E-state index is 0.0371. The molecule has 0 spiro atoms. The average Bonchev–Trinajstić information content (AvgIpc) is 2.60. The van der Waals surface area contributed by atoms with Crippen LogP contribution in [0.1, 0.15) is 45.4 Å². The Morgan fingerprint density at radius 3 is 2.55 bits per heavy atom. The molecule has 2 unspecified atom stereocenters. The molecule has 0 saturated heterocycles. The third-order valence-corrected chi connectivity index (χ3v) is 6.53. The van der Waals surface area contributed by atoms with Crippen molar-refractivity contribution in [2.24, 2.45) is 17.3 Å². The van der Waals surface area contributed by atoms with E-state index in [1.54, 1.807) is 0 Å². The molecule has 0 radical (unpaired) electrons. The Balaban J connectivity index is 1.42. The Morgan fingerprint density at radius 2 is 1.97 bits per heavy atom. The number of nitro groups is 1. The largest absolute Gasteiger partial charge is 0.452 e. The molecule has 1 amide bonds. The summed E-state index contributed by atoms with van der Waals surface area (Å²) in [6, 6.07) is 3.00. The quantitative estimate of drug-likeness (QED) is 0.441. The van der Waals surface area contributed by atoms with E-state index in [0.717, 1.165) is 31.4 Å². The van der Waals surface area contributed by atoms with Gasteiger partial charge in [0, 0.05) is 11.8 Å². The number of benzene rings is 1. The molecule has 0 aliphatic heterocycles. The Morgan fingerprint density at radius 1 is 1.31 bits per heavy atom. The van der Waals surface area contributed by atoms with Gasteiger partial charge in [0.2, 0.25) is 5.82 Å². The van der Waals surface area contributed by atoms with Crippen LogP contribution in [0, 0.1) is 33.2 Å². The van der Waals surface area contributed by atoms with Gasteiger partial charge in [-0.25, -0.2) is 0 Å². The molecule has 0 aromatic heterocycles. The third-order valence-electron chi connectivity index (χ3n) is 6.53. The number of halogens is 1. The van der Waals surface area contributed by atoms with Crippen molar-refractivity contribution >= 4 is 23.3 Å². The first-order valence-electron chi connectivity index (χ1n) is 9.77. The predicted octanol–water partition coefficient (Wildman–Crippen LogP) is 2.94. The van der Waals surface area contributed by atoms with Gasteiger partial charge in [0.1, 0.15) is 0 Å².